The molecule has 1 saturated heterocycles. The first kappa shape index (κ1) is 17.4. The molecule has 3 N–H and O–H groups in total. The van der Waals surface area contributed by atoms with Crippen LogP contribution < -0.4 is 5.32 Å². The van der Waals surface area contributed by atoms with Crippen LogP contribution in [0.1, 0.15) is 39.5 Å². The monoisotopic (exact) mass is 301 g/mol. The van der Waals surface area contributed by atoms with E-state index in [9.17, 15) is 19.5 Å². The number of amides is 1. The zero-order chi connectivity index (χ0) is 16.0. The Bertz CT molecular complexity index is 400. The van der Waals surface area contributed by atoms with Crippen LogP contribution in [0.4, 0.5) is 0 Å². The Morgan fingerprint density at radius 1 is 1.29 bits per heavy atom. The largest absolute Gasteiger partial charge is 0.481 e. The first-order chi connectivity index (χ1) is 9.78. The van der Waals surface area contributed by atoms with E-state index in [1.807, 2.05) is 13.8 Å². The number of carboxylic acid groups (broad SMARTS) is 2. The van der Waals surface area contributed by atoms with E-state index in [4.69, 9.17) is 9.84 Å². The molecule has 0 bridgehead atoms. The van der Waals surface area contributed by atoms with Crippen molar-refractivity contribution in [3.8, 4) is 0 Å². The van der Waals surface area contributed by atoms with Gasteiger partial charge in [0, 0.05) is 19.6 Å². The molecule has 0 aliphatic carbocycles. The third-order valence-electron chi connectivity index (χ3n) is 3.55. The summed E-state index contributed by atoms with van der Waals surface area (Å²) in [6.07, 6.45) is 1.25. The fraction of sp³-hybridized carbons (Fsp3) is 0.786. The molecular formula is C14H23NO6. The summed E-state index contributed by atoms with van der Waals surface area (Å²) in [6.45, 7) is 4.32. The molecule has 0 aromatic carbocycles. The van der Waals surface area contributed by atoms with E-state index in [-0.39, 0.29) is 31.9 Å². The number of aliphatic carboxylic acids is 2. The van der Waals surface area contributed by atoms with Crippen molar-refractivity contribution in [2.45, 2.75) is 45.1 Å². The van der Waals surface area contributed by atoms with Crippen LogP contribution in [0, 0.1) is 11.8 Å². The van der Waals surface area contributed by atoms with E-state index in [0.717, 1.165) is 0 Å². The zero-order valence-corrected chi connectivity index (χ0v) is 12.4. The highest BCUT2D eigenvalue weighted by atomic mass is 16.5. The van der Waals surface area contributed by atoms with Crippen molar-refractivity contribution < 1.29 is 29.3 Å². The van der Waals surface area contributed by atoms with Gasteiger partial charge in [0.2, 0.25) is 5.60 Å². The summed E-state index contributed by atoms with van der Waals surface area (Å²) in [5.74, 6) is -2.84. The Balaban J connectivity index is 2.63. The first-order valence-corrected chi connectivity index (χ1v) is 7.15. The number of carbonyl (C=O) groups excluding carboxylic acids is 1. The number of ether oxygens (including phenoxy) is 1. The highest BCUT2D eigenvalue weighted by molar-refractivity contribution is 6.05. The molecular weight excluding hydrogens is 278 g/mol. The Labute approximate surface area is 123 Å². The molecule has 1 aliphatic heterocycles. The summed E-state index contributed by atoms with van der Waals surface area (Å²) in [4.78, 5) is 34.2. The van der Waals surface area contributed by atoms with E-state index < -0.39 is 23.4 Å². The molecule has 0 saturated carbocycles. The maximum absolute atomic E-state index is 12.1. The molecule has 1 fully saturated rings. The quantitative estimate of drug-likeness (QED) is 0.573. The van der Waals surface area contributed by atoms with Crippen molar-refractivity contribution in [1.29, 1.82) is 0 Å². The Morgan fingerprint density at radius 3 is 2.38 bits per heavy atom. The predicted octanol–water partition coefficient (Wildman–Crippen LogP) is 0.873. The van der Waals surface area contributed by atoms with Gasteiger partial charge in [0.25, 0.3) is 5.91 Å². The zero-order valence-electron chi connectivity index (χ0n) is 12.4. The van der Waals surface area contributed by atoms with Crippen LogP contribution in [-0.2, 0) is 19.1 Å². The maximum Gasteiger partial charge on any atom is 0.345 e. The average molecular weight is 301 g/mol. The molecule has 0 spiro atoms. The van der Waals surface area contributed by atoms with Crippen molar-refractivity contribution in [1.82, 2.24) is 5.32 Å². The molecule has 1 rings (SSSR count). The fourth-order valence-electron chi connectivity index (χ4n) is 2.62. The number of hydrogen-bond donors (Lipinski definition) is 3. The maximum atomic E-state index is 12.1. The normalized spacial score (nSPS) is 23.0. The summed E-state index contributed by atoms with van der Waals surface area (Å²) in [5.41, 5.74) is -1.81. The predicted molar refractivity (Wildman–Crippen MR) is 73.8 cm³/mol. The molecule has 0 aromatic rings. The molecule has 1 amide bonds. The van der Waals surface area contributed by atoms with Crippen LogP contribution in [0.15, 0.2) is 0 Å². The lowest BCUT2D eigenvalue weighted by atomic mass is 9.93. The average Bonchev–Trinajstić information content (AvgIpc) is 2.84. The number of rotatable bonds is 8. The third-order valence-corrected chi connectivity index (χ3v) is 3.55. The van der Waals surface area contributed by atoms with E-state index >= 15 is 0 Å². The van der Waals surface area contributed by atoms with Gasteiger partial charge in [-0.05, 0) is 31.1 Å². The van der Waals surface area contributed by atoms with Crippen molar-refractivity contribution >= 4 is 17.8 Å². The summed E-state index contributed by atoms with van der Waals surface area (Å²) in [7, 11) is 0. The Hall–Kier alpha value is -1.63. The highest BCUT2D eigenvalue weighted by Gasteiger charge is 2.50. The lowest BCUT2D eigenvalue weighted by Gasteiger charge is -2.24. The van der Waals surface area contributed by atoms with E-state index in [1.54, 1.807) is 0 Å². The van der Waals surface area contributed by atoms with Gasteiger partial charge in [-0.1, -0.05) is 13.8 Å². The number of nitrogens with one attached hydrogen (secondary N) is 1. The minimum Gasteiger partial charge on any atom is -0.481 e. The molecule has 120 valence electrons. The summed E-state index contributed by atoms with van der Waals surface area (Å²) in [5, 5.41) is 20.6. The van der Waals surface area contributed by atoms with Gasteiger partial charge in [0.05, 0.1) is 0 Å². The smallest absolute Gasteiger partial charge is 0.345 e. The second-order valence-electron chi connectivity index (χ2n) is 5.89. The molecule has 1 unspecified atom stereocenters. The lowest BCUT2D eigenvalue weighted by molar-refractivity contribution is -0.168. The number of carbonyl (C=O) groups is 3. The fourth-order valence-corrected chi connectivity index (χ4v) is 2.62. The van der Waals surface area contributed by atoms with Crippen LogP contribution in [0.5, 0.6) is 0 Å². The lowest BCUT2D eigenvalue weighted by Crippen LogP contribution is -2.53. The van der Waals surface area contributed by atoms with Gasteiger partial charge in [0.15, 0.2) is 0 Å². The van der Waals surface area contributed by atoms with Gasteiger partial charge in [-0.25, -0.2) is 4.79 Å². The Morgan fingerprint density at radius 2 is 1.95 bits per heavy atom. The van der Waals surface area contributed by atoms with Gasteiger partial charge in [-0.3, -0.25) is 9.59 Å². The van der Waals surface area contributed by atoms with Gasteiger partial charge in [-0.15, -0.1) is 0 Å². The van der Waals surface area contributed by atoms with Crippen molar-refractivity contribution in [3.63, 3.8) is 0 Å². The molecule has 7 heteroatoms. The first-order valence-electron chi connectivity index (χ1n) is 7.15. The van der Waals surface area contributed by atoms with Crippen LogP contribution >= 0.6 is 0 Å². The van der Waals surface area contributed by atoms with Crippen LogP contribution in [0.3, 0.4) is 0 Å². The minimum atomic E-state index is -1.81. The minimum absolute atomic E-state index is 0.0562. The van der Waals surface area contributed by atoms with Crippen molar-refractivity contribution in [2.24, 2.45) is 11.8 Å². The van der Waals surface area contributed by atoms with E-state index in [2.05, 4.69) is 5.32 Å². The van der Waals surface area contributed by atoms with Crippen LogP contribution in [-0.4, -0.2) is 46.8 Å². The molecule has 1 heterocycles. The second kappa shape index (κ2) is 7.40. The molecule has 1 aliphatic rings. The summed E-state index contributed by atoms with van der Waals surface area (Å²) in [6, 6.07) is 0. The SMILES string of the molecule is CC(C)C[C@H](CNC(=O)C1(C(=O)O)CCCO1)CC(=O)O. The highest BCUT2D eigenvalue weighted by Crippen LogP contribution is 2.26. The molecule has 7 nitrogen and oxygen atoms in total. The summed E-state index contributed by atoms with van der Waals surface area (Å²) < 4.78 is 5.13. The van der Waals surface area contributed by atoms with Crippen molar-refractivity contribution in [2.75, 3.05) is 13.2 Å². The standard InChI is InChI=1S/C14H23NO6/c1-9(2)6-10(7-11(16)17)8-15-12(18)14(13(19)20)4-3-5-21-14/h9-10H,3-8H2,1-2H3,(H,15,18)(H,16,17)(H,19,20)/t10-,14?/m0/s1. The van der Waals surface area contributed by atoms with Gasteiger partial charge < -0.3 is 20.3 Å². The molecule has 21 heavy (non-hydrogen) atoms. The van der Waals surface area contributed by atoms with E-state index in [1.165, 1.54) is 0 Å². The Kier molecular flexibility index (Phi) is 6.14. The topological polar surface area (TPSA) is 113 Å². The van der Waals surface area contributed by atoms with Gasteiger partial charge >= 0.3 is 11.9 Å². The summed E-state index contributed by atoms with van der Waals surface area (Å²) >= 11 is 0. The van der Waals surface area contributed by atoms with Crippen LogP contribution in [0.25, 0.3) is 0 Å². The van der Waals surface area contributed by atoms with Gasteiger partial charge in [0.1, 0.15) is 0 Å². The molecule has 2 atom stereocenters. The van der Waals surface area contributed by atoms with Gasteiger partial charge in [-0.2, -0.15) is 0 Å². The number of carboxylic acids is 2. The molecule has 0 aromatic heterocycles. The molecule has 0 radical (unpaired) electrons. The van der Waals surface area contributed by atoms with Crippen molar-refractivity contribution in [3.05, 3.63) is 0 Å². The van der Waals surface area contributed by atoms with E-state index in [0.29, 0.717) is 18.8 Å². The second-order valence-corrected chi connectivity index (χ2v) is 5.89. The third kappa shape index (κ3) is 4.70. The number of hydrogen-bond acceptors (Lipinski definition) is 4. The van der Waals surface area contributed by atoms with Crippen LogP contribution in [0.2, 0.25) is 0 Å².